The van der Waals surface area contributed by atoms with E-state index in [4.69, 9.17) is 16.3 Å². The van der Waals surface area contributed by atoms with Gasteiger partial charge in [-0.15, -0.1) is 11.3 Å². The fourth-order valence-electron chi connectivity index (χ4n) is 4.25. The Bertz CT molecular complexity index is 1310. The van der Waals surface area contributed by atoms with E-state index in [0.717, 1.165) is 10.5 Å². The van der Waals surface area contributed by atoms with Crippen molar-refractivity contribution in [3.8, 4) is 11.1 Å². The van der Waals surface area contributed by atoms with Gasteiger partial charge in [-0.2, -0.15) is 0 Å². The lowest BCUT2D eigenvalue weighted by Crippen LogP contribution is -2.47. The van der Waals surface area contributed by atoms with Crippen LogP contribution in [0.25, 0.3) is 11.1 Å². The van der Waals surface area contributed by atoms with Crippen LogP contribution in [0.3, 0.4) is 0 Å². The van der Waals surface area contributed by atoms with Crippen LogP contribution in [0.5, 0.6) is 0 Å². The molecule has 0 fully saturated rings. The molecule has 1 aliphatic rings. The fourth-order valence-corrected chi connectivity index (χ4v) is 5.34. The zero-order chi connectivity index (χ0) is 26.7. The van der Waals surface area contributed by atoms with Gasteiger partial charge in [-0.25, -0.2) is 4.79 Å². The summed E-state index contributed by atoms with van der Waals surface area (Å²) in [4.78, 5) is 54.0. The first-order valence-electron chi connectivity index (χ1n) is 12.0. The molecule has 2 aromatic carbocycles. The quantitative estimate of drug-likeness (QED) is 0.255. The first-order valence-corrected chi connectivity index (χ1v) is 13.3. The number of nitrogens with one attached hydrogen (secondary N) is 1. The molecular weight excluding hydrogens is 512 g/mol. The van der Waals surface area contributed by atoms with Crippen molar-refractivity contribution in [1.29, 1.82) is 0 Å². The summed E-state index contributed by atoms with van der Waals surface area (Å²) in [5, 5.41) is 5.43. The smallest absolute Gasteiger partial charge is 0.341 e. The summed E-state index contributed by atoms with van der Waals surface area (Å²) in [5.74, 6) is -1.86. The minimum absolute atomic E-state index is 0.161. The monoisotopic (exact) mass is 538 g/mol. The molecule has 9 heteroatoms. The molecule has 0 saturated carbocycles. The molecule has 37 heavy (non-hydrogen) atoms. The number of carbonyl (C=O) groups excluding carboxylic acids is 4. The van der Waals surface area contributed by atoms with Crippen molar-refractivity contribution in [2.75, 3.05) is 11.9 Å². The minimum Gasteiger partial charge on any atom is -0.462 e. The summed E-state index contributed by atoms with van der Waals surface area (Å²) in [6.07, 6.45) is 0.913. The number of ether oxygens (including phenoxy) is 1. The van der Waals surface area contributed by atoms with Crippen molar-refractivity contribution in [3.63, 3.8) is 0 Å². The van der Waals surface area contributed by atoms with Gasteiger partial charge in [0.2, 0.25) is 5.91 Å². The lowest BCUT2D eigenvalue weighted by molar-refractivity contribution is -0.120. The second-order valence-electron chi connectivity index (χ2n) is 9.08. The van der Waals surface area contributed by atoms with E-state index < -0.39 is 29.7 Å². The molecule has 2 heterocycles. The Morgan fingerprint density at radius 1 is 0.973 bits per heavy atom. The van der Waals surface area contributed by atoms with Gasteiger partial charge >= 0.3 is 5.97 Å². The summed E-state index contributed by atoms with van der Waals surface area (Å²) in [7, 11) is 0. The first kappa shape index (κ1) is 26.6. The van der Waals surface area contributed by atoms with Crippen molar-refractivity contribution in [3.05, 3.63) is 75.6 Å². The minimum atomic E-state index is -1.04. The van der Waals surface area contributed by atoms with Crippen LogP contribution in [0, 0.1) is 5.92 Å². The number of halogens is 1. The molecule has 1 atom stereocenters. The van der Waals surface area contributed by atoms with Crippen LogP contribution in [-0.2, 0) is 9.53 Å². The molecule has 1 aromatic heterocycles. The van der Waals surface area contributed by atoms with Crippen LogP contribution in [0.1, 0.15) is 64.7 Å². The van der Waals surface area contributed by atoms with Crippen molar-refractivity contribution in [2.45, 2.75) is 39.7 Å². The van der Waals surface area contributed by atoms with E-state index >= 15 is 0 Å². The van der Waals surface area contributed by atoms with E-state index in [-0.39, 0.29) is 29.2 Å². The normalized spacial score (nSPS) is 13.6. The van der Waals surface area contributed by atoms with Crippen LogP contribution in [0.4, 0.5) is 5.00 Å². The second kappa shape index (κ2) is 11.3. The van der Waals surface area contributed by atoms with Gasteiger partial charge in [0.05, 0.1) is 17.7 Å². The maximum Gasteiger partial charge on any atom is 0.341 e. The topological polar surface area (TPSA) is 92.8 Å². The van der Waals surface area contributed by atoms with Crippen molar-refractivity contribution in [2.24, 2.45) is 5.92 Å². The largest absolute Gasteiger partial charge is 0.462 e. The Kier molecular flexibility index (Phi) is 8.10. The highest BCUT2D eigenvalue weighted by molar-refractivity contribution is 7.15. The molecule has 7 nitrogen and oxygen atoms in total. The lowest BCUT2D eigenvalue weighted by atomic mass is 10.0. The van der Waals surface area contributed by atoms with E-state index in [0.29, 0.717) is 28.4 Å². The van der Waals surface area contributed by atoms with Crippen LogP contribution in [0.15, 0.2) is 53.9 Å². The second-order valence-corrected chi connectivity index (χ2v) is 10.4. The number of thiophene rings is 1. The summed E-state index contributed by atoms with van der Waals surface area (Å²) >= 11 is 7.20. The molecule has 192 valence electrons. The number of imide groups is 1. The molecule has 0 saturated heterocycles. The van der Waals surface area contributed by atoms with Gasteiger partial charge in [-0.1, -0.05) is 49.7 Å². The molecule has 0 aliphatic carbocycles. The summed E-state index contributed by atoms with van der Waals surface area (Å²) in [6.45, 7) is 5.88. The van der Waals surface area contributed by atoms with Gasteiger partial charge in [0, 0.05) is 16.0 Å². The first-order chi connectivity index (χ1) is 17.7. The number of amides is 3. The third-order valence-electron chi connectivity index (χ3n) is 6.12. The number of hydrogen-bond donors (Lipinski definition) is 1. The molecule has 3 amide bonds. The Hall–Kier alpha value is -3.49. The van der Waals surface area contributed by atoms with Gasteiger partial charge in [-0.3, -0.25) is 19.3 Å². The highest BCUT2D eigenvalue weighted by Gasteiger charge is 2.42. The predicted molar refractivity (Wildman–Crippen MR) is 144 cm³/mol. The van der Waals surface area contributed by atoms with E-state index in [1.54, 1.807) is 60.8 Å². The molecule has 3 aromatic rings. The van der Waals surface area contributed by atoms with E-state index in [2.05, 4.69) is 5.32 Å². The van der Waals surface area contributed by atoms with Crippen LogP contribution in [0.2, 0.25) is 5.02 Å². The average molecular weight is 539 g/mol. The number of hydrogen-bond acceptors (Lipinski definition) is 6. The highest BCUT2D eigenvalue weighted by atomic mass is 35.5. The van der Waals surface area contributed by atoms with E-state index in [9.17, 15) is 19.2 Å². The third-order valence-corrected chi connectivity index (χ3v) is 7.27. The Labute approximate surface area is 224 Å². The van der Waals surface area contributed by atoms with Gasteiger partial charge in [0.25, 0.3) is 11.8 Å². The predicted octanol–water partition coefficient (Wildman–Crippen LogP) is 6.28. The molecule has 0 spiro atoms. The van der Waals surface area contributed by atoms with Gasteiger partial charge < -0.3 is 10.1 Å². The van der Waals surface area contributed by atoms with Crippen molar-refractivity contribution in [1.82, 2.24) is 4.90 Å². The summed E-state index contributed by atoms with van der Waals surface area (Å²) in [6, 6.07) is 12.5. The van der Waals surface area contributed by atoms with E-state index in [1.165, 1.54) is 11.3 Å². The SMILES string of the molecule is CCOC(=O)c1c(-c2ccc(Cl)cc2)csc1NC(=O)C(CCC(C)C)N1C(=O)c2ccccc2C1=O. The number of rotatable bonds is 9. The lowest BCUT2D eigenvalue weighted by Gasteiger charge is -2.26. The number of carbonyl (C=O) groups is 4. The zero-order valence-electron chi connectivity index (χ0n) is 20.7. The summed E-state index contributed by atoms with van der Waals surface area (Å²) in [5.41, 5.74) is 2.11. The van der Waals surface area contributed by atoms with Gasteiger partial charge in [-0.05, 0) is 55.5 Å². The average Bonchev–Trinajstić information content (AvgIpc) is 3.39. The maximum absolute atomic E-state index is 13.7. The van der Waals surface area contributed by atoms with Crippen molar-refractivity contribution < 1.29 is 23.9 Å². The molecule has 4 rings (SSSR count). The maximum atomic E-state index is 13.7. The third kappa shape index (κ3) is 5.45. The molecule has 0 bridgehead atoms. The van der Waals surface area contributed by atoms with Crippen LogP contribution in [-0.4, -0.2) is 41.2 Å². The Balaban J connectivity index is 1.69. The number of anilines is 1. The van der Waals surface area contributed by atoms with Crippen molar-refractivity contribution >= 4 is 51.6 Å². The van der Waals surface area contributed by atoms with Crippen LogP contribution >= 0.6 is 22.9 Å². The van der Waals surface area contributed by atoms with Gasteiger partial charge in [0.15, 0.2) is 0 Å². The molecule has 1 aliphatic heterocycles. The van der Waals surface area contributed by atoms with Crippen LogP contribution < -0.4 is 5.32 Å². The fraction of sp³-hybridized carbons (Fsp3) is 0.286. The molecule has 1 N–H and O–H groups in total. The number of nitrogens with zero attached hydrogens (tertiary/aromatic N) is 1. The zero-order valence-corrected chi connectivity index (χ0v) is 22.3. The van der Waals surface area contributed by atoms with E-state index in [1.807, 2.05) is 13.8 Å². The Morgan fingerprint density at radius 2 is 1.59 bits per heavy atom. The van der Waals surface area contributed by atoms with Gasteiger partial charge in [0.1, 0.15) is 16.6 Å². The standard InChI is InChI=1S/C28H27ClN2O5S/c1-4-36-28(35)23-21(17-10-12-18(29)13-11-17)15-37-25(23)30-24(32)22(14-9-16(2)3)31-26(33)19-7-5-6-8-20(19)27(31)34/h5-8,10-13,15-16,22H,4,9,14H2,1-3H3,(H,30,32). The summed E-state index contributed by atoms with van der Waals surface area (Å²) < 4.78 is 5.28. The Morgan fingerprint density at radius 3 is 2.16 bits per heavy atom. The number of esters is 1. The number of fused-ring (bicyclic) bond motifs is 1. The molecule has 0 radical (unpaired) electrons. The molecular formula is C28H27ClN2O5S. The number of benzene rings is 2. The highest BCUT2D eigenvalue weighted by Crippen LogP contribution is 2.37. The molecule has 1 unspecified atom stereocenters.